The predicted octanol–water partition coefficient (Wildman–Crippen LogP) is 2.28. The van der Waals surface area contributed by atoms with Crippen molar-refractivity contribution in [3.63, 3.8) is 0 Å². The summed E-state index contributed by atoms with van der Waals surface area (Å²) < 4.78 is 0. The van der Waals surface area contributed by atoms with Gasteiger partial charge in [0.1, 0.15) is 6.17 Å². The summed E-state index contributed by atoms with van der Waals surface area (Å²) in [6.07, 6.45) is 8.47. The molecule has 0 atom stereocenters. The van der Waals surface area contributed by atoms with Gasteiger partial charge < -0.3 is 10.6 Å². The first kappa shape index (κ1) is 16.4. The Balaban J connectivity index is 4.03. The molecule has 0 aromatic carbocycles. The number of carbonyl (C=O) groups is 2. The van der Waals surface area contributed by atoms with Crippen molar-refractivity contribution in [2.45, 2.75) is 51.6 Å². The average Bonchev–Trinajstić information content (AvgIpc) is 2.37. The van der Waals surface area contributed by atoms with Gasteiger partial charge in [-0.3, -0.25) is 9.59 Å². The highest BCUT2D eigenvalue weighted by Gasteiger charge is 2.11. The summed E-state index contributed by atoms with van der Waals surface area (Å²) in [5.41, 5.74) is 0. The average molecular weight is 252 g/mol. The van der Waals surface area contributed by atoms with Crippen LogP contribution in [0, 0.1) is 0 Å². The fourth-order valence-corrected chi connectivity index (χ4v) is 1.59. The molecule has 0 aliphatic rings. The molecule has 0 saturated heterocycles. The van der Waals surface area contributed by atoms with Gasteiger partial charge >= 0.3 is 0 Å². The minimum Gasteiger partial charge on any atom is -0.332 e. The molecule has 0 fully saturated rings. The van der Waals surface area contributed by atoms with Crippen molar-refractivity contribution in [2.75, 3.05) is 0 Å². The third-order valence-electron chi connectivity index (χ3n) is 2.60. The molecule has 0 saturated carbocycles. The Morgan fingerprint density at radius 2 is 1.50 bits per heavy atom. The topological polar surface area (TPSA) is 58.2 Å². The van der Waals surface area contributed by atoms with E-state index in [0.29, 0.717) is 0 Å². The molecule has 0 spiro atoms. The fourth-order valence-electron chi connectivity index (χ4n) is 1.59. The molecule has 2 amide bonds. The Hall–Kier alpha value is -1.58. The van der Waals surface area contributed by atoms with Crippen LogP contribution >= 0.6 is 0 Å². The zero-order valence-corrected chi connectivity index (χ0v) is 11.2. The van der Waals surface area contributed by atoms with Gasteiger partial charge in [0.2, 0.25) is 11.8 Å². The van der Waals surface area contributed by atoms with Gasteiger partial charge in [-0.05, 0) is 25.0 Å². The van der Waals surface area contributed by atoms with Crippen molar-refractivity contribution in [2.24, 2.45) is 0 Å². The molecule has 0 radical (unpaired) electrons. The van der Waals surface area contributed by atoms with E-state index in [0.717, 1.165) is 19.3 Å². The summed E-state index contributed by atoms with van der Waals surface area (Å²) >= 11 is 0. The van der Waals surface area contributed by atoms with Crippen LogP contribution in [0.25, 0.3) is 0 Å². The number of nitrogens with one attached hydrogen (secondary N) is 2. The van der Waals surface area contributed by atoms with Gasteiger partial charge in [0.05, 0.1) is 0 Å². The standard InChI is InChI=1S/C14H24N2O2/c1-4-7-8-9-10-11-12(15-13(17)5-2)16-14(18)6-3/h5-6,12H,2-4,7-11H2,1H3,(H,15,17)(H,16,18). The first-order valence-electron chi connectivity index (χ1n) is 6.49. The van der Waals surface area contributed by atoms with E-state index in [1.54, 1.807) is 0 Å². The SMILES string of the molecule is C=CC(=O)NC(CCCCCCC)NC(=O)C=C. The maximum atomic E-state index is 11.2. The summed E-state index contributed by atoms with van der Waals surface area (Å²) in [6, 6.07) is 0. The van der Waals surface area contributed by atoms with E-state index >= 15 is 0 Å². The third-order valence-corrected chi connectivity index (χ3v) is 2.60. The van der Waals surface area contributed by atoms with Crippen LogP contribution in [0.15, 0.2) is 25.3 Å². The summed E-state index contributed by atoms with van der Waals surface area (Å²) in [5, 5.41) is 5.37. The molecule has 0 aromatic rings. The van der Waals surface area contributed by atoms with E-state index in [4.69, 9.17) is 0 Å². The van der Waals surface area contributed by atoms with Crippen molar-refractivity contribution in [1.29, 1.82) is 0 Å². The second kappa shape index (κ2) is 10.6. The lowest BCUT2D eigenvalue weighted by molar-refractivity contribution is -0.119. The number of unbranched alkanes of at least 4 members (excludes halogenated alkanes) is 4. The van der Waals surface area contributed by atoms with Crippen LogP contribution in [0.2, 0.25) is 0 Å². The summed E-state index contributed by atoms with van der Waals surface area (Å²) in [6.45, 7) is 8.94. The molecular formula is C14H24N2O2. The molecule has 2 N–H and O–H groups in total. The van der Waals surface area contributed by atoms with Crippen LogP contribution in [-0.2, 0) is 9.59 Å². The minimum absolute atomic E-state index is 0.280. The van der Waals surface area contributed by atoms with Crippen LogP contribution < -0.4 is 10.6 Å². The largest absolute Gasteiger partial charge is 0.332 e. The summed E-state index contributed by atoms with van der Waals surface area (Å²) in [7, 11) is 0. The zero-order valence-electron chi connectivity index (χ0n) is 11.2. The van der Waals surface area contributed by atoms with Gasteiger partial charge in [-0.25, -0.2) is 0 Å². The first-order valence-corrected chi connectivity index (χ1v) is 6.49. The smallest absolute Gasteiger partial charge is 0.244 e. The Morgan fingerprint density at radius 1 is 1.00 bits per heavy atom. The molecule has 102 valence electrons. The van der Waals surface area contributed by atoms with Gasteiger partial charge in [0.15, 0.2) is 0 Å². The molecule has 0 aromatic heterocycles. The highest BCUT2D eigenvalue weighted by molar-refractivity contribution is 5.89. The minimum atomic E-state index is -0.345. The van der Waals surface area contributed by atoms with Crippen LogP contribution in [0.1, 0.15) is 45.4 Å². The first-order chi connectivity index (χ1) is 8.63. The van der Waals surface area contributed by atoms with E-state index in [2.05, 4.69) is 30.7 Å². The van der Waals surface area contributed by atoms with Gasteiger partial charge in [-0.15, -0.1) is 0 Å². The highest BCUT2D eigenvalue weighted by Crippen LogP contribution is 2.06. The molecule has 0 rings (SSSR count). The summed E-state index contributed by atoms with van der Waals surface area (Å²) in [4.78, 5) is 22.4. The van der Waals surface area contributed by atoms with Crippen LogP contribution in [0.3, 0.4) is 0 Å². The van der Waals surface area contributed by atoms with Gasteiger partial charge in [0, 0.05) is 0 Å². The predicted molar refractivity (Wildman–Crippen MR) is 73.8 cm³/mol. The van der Waals surface area contributed by atoms with E-state index in [1.807, 2.05) is 0 Å². The second-order valence-corrected chi connectivity index (χ2v) is 4.18. The van der Waals surface area contributed by atoms with Gasteiger partial charge in [-0.2, -0.15) is 0 Å². The van der Waals surface area contributed by atoms with Crippen molar-refractivity contribution in [1.82, 2.24) is 10.6 Å². The van der Waals surface area contributed by atoms with Crippen molar-refractivity contribution >= 4 is 11.8 Å². The molecule has 4 nitrogen and oxygen atoms in total. The zero-order chi connectivity index (χ0) is 13.8. The molecule has 18 heavy (non-hydrogen) atoms. The lowest BCUT2D eigenvalue weighted by Gasteiger charge is -2.18. The van der Waals surface area contributed by atoms with E-state index < -0.39 is 0 Å². The number of amides is 2. The van der Waals surface area contributed by atoms with Crippen molar-refractivity contribution < 1.29 is 9.59 Å². The van der Waals surface area contributed by atoms with E-state index in [1.165, 1.54) is 31.4 Å². The van der Waals surface area contributed by atoms with Crippen LogP contribution in [-0.4, -0.2) is 18.0 Å². The molecule has 0 aliphatic carbocycles. The molecule has 0 unspecified atom stereocenters. The normalized spacial score (nSPS) is 9.89. The molecular weight excluding hydrogens is 228 g/mol. The molecule has 0 heterocycles. The summed E-state index contributed by atoms with van der Waals surface area (Å²) in [5.74, 6) is -0.559. The lowest BCUT2D eigenvalue weighted by atomic mass is 10.1. The van der Waals surface area contributed by atoms with E-state index in [9.17, 15) is 9.59 Å². The Bertz CT molecular complexity index is 266. The quantitative estimate of drug-likeness (QED) is 0.356. The van der Waals surface area contributed by atoms with Gasteiger partial charge in [-0.1, -0.05) is 45.8 Å². The number of hydrogen-bond acceptors (Lipinski definition) is 2. The Labute approximate surface area is 110 Å². The van der Waals surface area contributed by atoms with Crippen molar-refractivity contribution in [3.05, 3.63) is 25.3 Å². The second-order valence-electron chi connectivity index (χ2n) is 4.18. The Morgan fingerprint density at radius 3 is 1.94 bits per heavy atom. The molecule has 4 heteroatoms. The maximum Gasteiger partial charge on any atom is 0.244 e. The number of carbonyl (C=O) groups excluding carboxylic acids is 2. The number of hydrogen-bond donors (Lipinski definition) is 2. The third kappa shape index (κ3) is 8.56. The lowest BCUT2D eigenvalue weighted by Crippen LogP contribution is -2.46. The number of rotatable bonds is 10. The molecule has 0 aliphatic heterocycles. The monoisotopic (exact) mass is 252 g/mol. The highest BCUT2D eigenvalue weighted by atomic mass is 16.2. The Kier molecular flexibility index (Phi) is 9.64. The van der Waals surface area contributed by atoms with Crippen LogP contribution in [0.4, 0.5) is 0 Å². The maximum absolute atomic E-state index is 11.2. The van der Waals surface area contributed by atoms with E-state index in [-0.39, 0.29) is 18.0 Å². The van der Waals surface area contributed by atoms with Gasteiger partial charge in [0.25, 0.3) is 0 Å². The van der Waals surface area contributed by atoms with Crippen LogP contribution in [0.5, 0.6) is 0 Å². The fraction of sp³-hybridized carbons (Fsp3) is 0.571. The van der Waals surface area contributed by atoms with Crippen molar-refractivity contribution in [3.8, 4) is 0 Å². The molecule has 0 bridgehead atoms.